The van der Waals surface area contributed by atoms with E-state index in [9.17, 15) is 4.79 Å². The Morgan fingerprint density at radius 1 is 0.793 bits per heavy atom. The highest BCUT2D eigenvalue weighted by molar-refractivity contribution is 5.82. The van der Waals surface area contributed by atoms with Gasteiger partial charge in [0.1, 0.15) is 6.61 Å². The lowest BCUT2D eigenvalue weighted by Gasteiger charge is -2.08. The number of ether oxygens (including phenoxy) is 1. The van der Waals surface area contributed by atoms with Gasteiger partial charge in [-0.2, -0.15) is 0 Å². The molecule has 1 aromatic carbocycles. The lowest BCUT2D eigenvalue weighted by Crippen LogP contribution is -2.04. The van der Waals surface area contributed by atoms with Crippen molar-refractivity contribution in [3.05, 3.63) is 42.1 Å². The highest BCUT2D eigenvalue weighted by Gasteiger charge is 2.06. The molecular formula is C26H39NO2. The first-order valence-corrected chi connectivity index (χ1v) is 11.8. The van der Waals surface area contributed by atoms with Crippen LogP contribution in [-0.4, -0.2) is 11.0 Å². The number of unbranched alkanes of at least 4 members (excludes halogenated alkanes) is 12. The minimum absolute atomic E-state index is 0.0889. The summed E-state index contributed by atoms with van der Waals surface area (Å²) in [5, 5.41) is 1.06. The Morgan fingerprint density at radius 2 is 1.38 bits per heavy atom. The fourth-order valence-electron chi connectivity index (χ4n) is 3.80. The summed E-state index contributed by atoms with van der Waals surface area (Å²) in [4.78, 5) is 16.4. The molecule has 0 aliphatic heterocycles. The number of pyridine rings is 1. The third-order valence-electron chi connectivity index (χ3n) is 5.61. The van der Waals surface area contributed by atoms with E-state index in [4.69, 9.17) is 4.74 Å². The second-order valence-electron chi connectivity index (χ2n) is 8.14. The molecule has 0 saturated heterocycles. The molecule has 2 rings (SSSR count). The SMILES string of the molecule is CCCCCCCCCCCCCCCC(=O)OCc1ccnc2ccccc12. The molecule has 1 aromatic heterocycles. The zero-order chi connectivity index (χ0) is 20.6. The highest BCUT2D eigenvalue weighted by Crippen LogP contribution is 2.17. The van der Waals surface area contributed by atoms with Crippen LogP contribution in [0.15, 0.2) is 36.5 Å². The fourth-order valence-corrected chi connectivity index (χ4v) is 3.80. The van der Waals surface area contributed by atoms with Gasteiger partial charge in [0.2, 0.25) is 0 Å². The number of rotatable bonds is 16. The summed E-state index contributed by atoms with van der Waals surface area (Å²) in [6.45, 7) is 2.60. The molecule has 0 bridgehead atoms. The van der Waals surface area contributed by atoms with Crippen molar-refractivity contribution < 1.29 is 9.53 Å². The molecule has 3 heteroatoms. The third kappa shape index (κ3) is 9.92. The van der Waals surface area contributed by atoms with Gasteiger partial charge in [0, 0.05) is 23.6 Å². The third-order valence-corrected chi connectivity index (χ3v) is 5.61. The number of nitrogens with zero attached hydrogens (tertiary/aromatic N) is 1. The number of fused-ring (bicyclic) bond motifs is 1. The van der Waals surface area contributed by atoms with E-state index in [0.717, 1.165) is 29.3 Å². The average molecular weight is 398 g/mol. The molecule has 0 spiro atoms. The Bertz CT molecular complexity index is 693. The van der Waals surface area contributed by atoms with E-state index in [1.54, 1.807) is 6.20 Å². The predicted octanol–water partition coefficient (Wildman–Crippen LogP) is 7.76. The van der Waals surface area contributed by atoms with E-state index >= 15 is 0 Å². The van der Waals surface area contributed by atoms with E-state index in [2.05, 4.69) is 11.9 Å². The number of hydrogen-bond donors (Lipinski definition) is 0. The quantitative estimate of drug-likeness (QED) is 0.214. The van der Waals surface area contributed by atoms with Crippen LogP contribution in [-0.2, 0) is 16.1 Å². The largest absolute Gasteiger partial charge is 0.461 e. The lowest BCUT2D eigenvalue weighted by atomic mass is 10.0. The molecule has 160 valence electrons. The Morgan fingerprint density at radius 3 is 2.03 bits per heavy atom. The Balaban J connectivity index is 1.44. The first-order valence-electron chi connectivity index (χ1n) is 11.8. The predicted molar refractivity (Wildman–Crippen MR) is 122 cm³/mol. The van der Waals surface area contributed by atoms with Gasteiger partial charge >= 0.3 is 5.97 Å². The van der Waals surface area contributed by atoms with Crippen molar-refractivity contribution in [1.82, 2.24) is 4.98 Å². The zero-order valence-electron chi connectivity index (χ0n) is 18.3. The summed E-state index contributed by atoms with van der Waals surface area (Å²) in [5.41, 5.74) is 1.96. The van der Waals surface area contributed by atoms with Crippen LogP contribution in [0.2, 0.25) is 0 Å². The van der Waals surface area contributed by atoms with Gasteiger partial charge in [-0.25, -0.2) is 0 Å². The van der Waals surface area contributed by atoms with Gasteiger partial charge in [0.25, 0.3) is 0 Å². The van der Waals surface area contributed by atoms with Crippen molar-refractivity contribution in [3.8, 4) is 0 Å². The van der Waals surface area contributed by atoms with Gasteiger partial charge < -0.3 is 4.74 Å². The molecule has 0 saturated carbocycles. The number of para-hydroxylation sites is 1. The second kappa shape index (κ2) is 15.0. The molecule has 0 aliphatic rings. The maximum Gasteiger partial charge on any atom is 0.306 e. The number of aromatic nitrogens is 1. The van der Waals surface area contributed by atoms with Crippen LogP contribution >= 0.6 is 0 Å². The summed E-state index contributed by atoms with van der Waals surface area (Å²) >= 11 is 0. The standard InChI is InChI=1S/C26H39NO2/c1-2-3-4-5-6-7-8-9-10-11-12-13-14-19-26(28)29-22-23-20-21-27-25-18-16-15-17-24(23)25/h15-18,20-21H,2-14,19,22H2,1H3. The number of carbonyl (C=O) groups excluding carboxylic acids is 1. The van der Waals surface area contributed by atoms with Crippen LogP contribution in [0.3, 0.4) is 0 Å². The molecule has 0 atom stereocenters. The van der Waals surface area contributed by atoms with Crippen molar-refractivity contribution >= 4 is 16.9 Å². The Kier molecular flexibility index (Phi) is 12.1. The first kappa shape index (κ1) is 23.4. The molecule has 0 fully saturated rings. The molecule has 0 N–H and O–H groups in total. The van der Waals surface area contributed by atoms with Crippen molar-refractivity contribution in [3.63, 3.8) is 0 Å². The highest BCUT2D eigenvalue weighted by atomic mass is 16.5. The normalized spacial score (nSPS) is 11.1. The lowest BCUT2D eigenvalue weighted by molar-refractivity contribution is -0.145. The number of benzene rings is 1. The van der Waals surface area contributed by atoms with Gasteiger partial charge in [-0.05, 0) is 18.6 Å². The topological polar surface area (TPSA) is 39.2 Å². The van der Waals surface area contributed by atoms with E-state index in [0.29, 0.717) is 13.0 Å². The summed E-state index contributed by atoms with van der Waals surface area (Å²) in [7, 11) is 0. The average Bonchev–Trinajstić information content (AvgIpc) is 2.75. The summed E-state index contributed by atoms with van der Waals surface area (Å²) in [5.74, 6) is -0.0889. The molecule has 2 aromatic rings. The van der Waals surface area contributed by atoms with Crippen LogP contribution in [0.1, 0.15) is 102 Å². The van der Waals surface area contributed by atoms with Crippen molar-refractivity contribution in [2.75, 3.05) is 0 Å². The molecule has 1 heterocycles. The molecular weight excluding hydrogens is 358 g/mol. The molecule has 29 heavy (non-hydrogen) atoms. The van der Waals surface area contributed by atoms with E-state index in [-0.39, 0.29) is 5.97 Å². The number of hydrogen-bond acceptors (Lipinski definition) is 3. The summed E-state index contributed by atoms with van der Waals surface area (Å²) in [6, 6.07) is 9.90. The van der Waals surface area contributed by atoms with E-state index < -0.39 is 0 Å². The van der Waals surface area contributed by atoms with Crippen molar-refractivity contribution in [2.24, 2.45) is 0 Å². The smallest absolute Gasteiger partial charge is 0.306 e. The number of carbonyl (C=O) groups is 1. The maximum atomic E-state index is 12.0. The monoisotopic (exact) mass is 397 g/mol. The van der Waals surface area contributed by atoms with Crippen LogP contribution in [0, 0.1) is 0 Å². The van der Waals surface area contributed by atoms with Crippen LogP contribution < -0.4 is 0 Å². The first-order chi connectivity index (χ1) is 14.3. The van der Waals surface area contributed by atoms with Gasteiger partial charge in [-0.3, -0.25) is 9.78 Å². The minimum Gasteiger partial charge on any atom is -0.461 e. The zero-order valence-corrected chi connectivity index (χ0v) is 18.3. The Labute approximate surface area is 177 Å². The van der Waals surface area contributed by atoms with E-state index in [1.165, 1.54) is 70.6 Å². The van der Waals surface area contributed by atoms with Gasteiger partial charge in [-0.15, -0.1) is 0 Å². The van der Waals surface area contributed by atoms with E-state index in [1.807, 2.05) is 30.3 Å². The Hall–Kier alpha value is -1.90. The van der Waals surface area contributed by atoms with Crippen LogP contribution in [0.5, 0.6) is 0 Å². The van der Waals surface area contributed by atoms with Gasteiger partial charge in [0.05, 0.1) is 5.52 Å². The molecule has 0 aliphatic carbocycles. The summed E-state index contributed by atoms with van der Waals surface area (Å²) < 4.78 is 5.48. The molecule has 0 radical (unpaired) electrons. The fraction of sp³-hybridized carbons (Fsp3) is 0.615. The van der Waals surface area contributed by atoms with Crippen molar-refractivity contribution in [1.29, 1.82) is 0 Å². The van der Waals surface area contributed by atoms with Crippen LogP contribution in [0.25, 0.3) is 10.9 Å². The molecule has 0 amide bonds. The van der Waals surface area contributed by atoms with Crippen LogP contribution in [0.4, 0.5) is 0 Å². The number of esters is 1. The molecule has 3 nitrogen and oxygen atoms in total. The van der Waals surface area contributed by atoms with Crippen molar-refractivity contribution in [2.45, 2.75) is 103 Å². The van der Waals surface area contributed by atoms with Gasteiger partial charge in [0.15, 0.2) is 0 Å². The van der Waals surface area contributed by atoms with Gasteiger partial charge in [-0.1, -0.05) is 102 Å². The maximum absolute atomic E-state index is 12.0. The minimum atomic E-state index is -0.0889. The second-order valence-corrected chi connectivity index (χ2v) is 8.14. The summed E-state index contributed by atoms with van der Waals surface area (Å²) in [6.07, 6.45) is 19.4. The molecule has 0 unspecified atom stereocenters.